The molecule has 2 aromatic heterocycles. The molecule has 0 spiro atoms. The Kier molecular flexibility index (Phi) is 6.50. The van der Waals surface area contributed by atoms with Crippen LogP contribution in [0.25, 0.3) is 10.9 Å². The van der Waals surface area contributed by atoms with E-state index in [0.29, 0.717) is 34.7 Å². The molecule has 0 atom stereocenters. The first-order chi connectivity index (χ1) is 15.1. The van der Waals surface area contributed by atoms with Crippen LogP contribution in [0.2, 0.25) is 5.02 Å². The van der Waals surface area contributed by atoms with Crippen LogP contribution >= 0.6 is 11.6 Å². The predicted molar refractivity (Wildman–Crippen MR) is 120 cm³/mol. The fraction of sp³-hybridized carbons (Fsp3) is 0.125. The number of amides is 1. The van der Waals surface area contributed by atoms with E-state index >= 15 is 0 Å². The summed E-state index contributed by atoms with van der Waals surface area (Å²) in [5.74, 6) is -0.475. The normalized spacial score (nSPS) is 11.1. The first-order valence-electron chi connectivity index (χ1n) is 9.77. The molecule has 0 saturated heterocycles. The molecule has 0 bridgehead atoms. The molecule has 0 aliphatic heterocycles. The van der Waals surface area contributed by atoms with Crippen LogP contribution in [0.5, 0.6) is 0 Å². The van der Waals surface area contributed by atoms with Crippen LogP contribution in [0.4, 0.5) is 10.1 Å². The number of hydrogen-bond donors (Lipinski definition) is 1. The third kappa shape index (κ3) is 5.42. The Morgan fingerprint density at radius 1 is 1.00 bits per heavy atom. The summed E-state index contributed by atoms with van der Waals surface area (Å²) < 4.78 is 14.2. The van der Waals surface area contributed by atoms with Gasteiger partial charge in [-0.2, -0.15) is 0 Å². The number of nitrogens with zero attached hydrogens (tertiary/aromatic N) is 3. The Morgan fingerprint density at radius 2 is 1.81 bits per heavy atom. The SMILES string of the molecule is O=C(CN(Cc1cccnc1)Cc1ccc(F)c2cccnc12)Nc1ccc(Cl)cc1. The summed E-state index contributed by atoms with van der Waals surface area (Å²) in [5.41, 5.74) is 3.09. The molecule has 0 fully saturated rings. The highest BCUT2D eigenvalue weighted by Gasteiger charge is 2.16. The molecule has 0 aliphatic rings. The van der Waals surface area contributed by atoms with Crippen molar-refractivity contribution in [2.75, 3.05) is 11.9 Å². The first-order valence-corrected chi connectivity index (χ1v) is 10.1. The minimum atomic E-state index is -0.314. The number of hydrogen-bond acceptors (Lipinski definition) is 4. The summed E-state index contributed by atoms with van der Waals surface area (Å²) in [6.45, 7) is 1.08. The lowest BCUT2D eigenvalue weighted by atomic mass is 10.1. The van der Waals surface area contributed by atoms with Crippen LogP contribution < -0.4 is 5.32 Å². The summed E-state index contributed by atoms with van der Waals surface area (Å²) in [6, 6.07) is 17.3. The van der Waals surface area contributed by atoms with Crippen molar-refractivity contribution < 1.29 is 9.18 Å². The molecule has 4 rings (SSSR count). The zero-order valence-electron chi connectivity index (χ0n) is 16.6. The Balaban J connectivity index is 1.56. The van der Waals surface area contributed by atoms with Gasteiger partial charge in [0.15, 0.2) is 0 Å². The van der Waals surface area contributed by atoms with Gasteiger partial charge in [-0.05, 0) is 59.7 Å². The van der Waals surface area contributed by atoms with E-state index in [4.69, 9.17) is 11.6 Å². The summed E-state index contributed by atoms with van der Waals surface area (Å²) in [7, 11) is 0. The first kappa shape index (κ1) is 20.9. The number of benzene rings is 2. The Bertz CT molecular complexity index is 1190. The monoisotopic (exact) mass is 434 g/mol. The molecule has 156 valence electrons. The lowest BCUT2D eigenvalue weighted by Gasteiger charge is -2.22. The van der Waals surface area contributed by atoms with Gasteiger partial charge in [0.05, 0.1) is 12.1 Å². The summed E-state index contributed by atoms with van der Waals surface area (Å²) in [5, 5.41) is 3.96. The quantitative estimate of drug-likeness (QED) is 0.441. The minimum absolute atomic E-state index is 0.142. The van der Waals surface area contributed by atoms with Gasteiger partial charge >= 0.3 is 0 Å². The average molecular weight is 435 g/mol. The van der Waals surface area contributed by atoms with E-state index in [0.717, 1.165) is 11.1 Å². The van der Waals surface area contributed by atoms with Crippen molar-refractivity contribution in [3.8, 4) is 0 Å². The molecule has 7 heteroatoms. The van der Waals surface area contributed by atoms with E-state index in [1.165, 1.54) is 6.07 Å². The van der Waals surface area contributed by atoms with Crippen LogP contribution in [-0.2, 0) is 17.9 Å². The van der Waals surface area contributed by atoms with Crippen molar-refractivity contribution in [2.45, 2.75) is 13.1 Å². The number of carbonyl (C=O) groups excluding carboxylic acids is 1. The Morgan fingerprint density at radius 3 is 2.58 bits per heavy atom. The molecular weight excluding hydrogens is 415 g/mol. The zero-order chi connectivity index (χ0) is 21.6. The van der Waals surface area contributed by atoms with E-state index < -0.39 is 0 Å². The second-order valence-electron chi connectivity index (χ2n) is 7.17. The lowest BCUT2D eigenvalue weighted by Crippen LogP contribution is -2.32. The molecular formula is C24H20ClFN4O. The van der Waals surface area contributed by atoms with Crippen molar-refractivity contribution in [3.05, 3.63) is 101 Å². The Labute approximate surface area is 184 Å². The molecule has 5 nitrogen and oxygen atoms in total. The standard InChI is InChI=1S/C24H20ClFN4O/c25-19-6-8-20(9-7-19)29-23(31)16-30(14-17-3-1-11-27-13-17)15-18-5-10-22(26)21-4-2-12-28-24(18)21/h1-13H,14-16H2,(H,29,31). The van der Waals surface area contributed by atoms with Gasteiger partial charge in [0.1, 0.15) is 5.82 Å². The number of rotatable bonds is 7. The maximum absolute atomic E-state index is 14.2. The van der Waals surface area contributed by atoms with E-state index in [1.54, 1.807) is 61.1 Å². The van der Waals surface area contributed by atoms with Crippen LogP contribution in [0.1, 0.15) is 11.1 Å². The van der Waals surface area contributed by atoms with Gasteiger partial charge in [0.25, 0.3) is 0 Å². The molecule has 0 aliphatic carbocycles. The van der Waals surface area contributed by atoms with Gasteiger partial charge in [-0.1, -0.05) is 23.7 Å². The highest BCUT2D eigenvalue weighted by atomic mass is 35.5. The van der Waals surface area contributed by atoms with Gasteiger partial charge in [0.2, 0.25) is 5.91 Å². The smallest absolute Gasteiger partial charge is 0.238 e. The van der Waals surface area contributed by atoms with Crippen molar-refractivity contribution in [1.82, 2.24) is 14.9 Å². The molecule has 1 N–H and O–H groups in total. The number of halogens is 2. The molecule has 0 saturated carbocycles. The van der Waals surface area contributed by atoms with Gasteiger partial charge in [-0.15, -0.1) is 0 Å². The molecule has 4 aromatic rings. The lowest BCUT2D eigenvalue weighted by molar-refractivity contribution is -0.117. The van der Waals surface area contributed by atoms with Crippen LogP contribution in [0.3, 0.4) is 0 Å². The molecule has 2 heterocycles. The highest BCUT2D eigenvalue weighted by Crippen LogP contribution is 2.22. The minimum Gasteiger partial charge on any atom is -0.325 e. The third-order valence-electron chi connectivity index (χ3n) is 4.82. The molecule has 0 unspecified atom stereocenters. The topological polar surface area (TPSA) is 58.1 Å². The number of pyridine rings is 2. The predicted octanol–water partition coefficient (Wildman–Crippen LogP) is 5.06. The third-order valence-corrected chi connectivity index (χ3v) is 5.07. The van der Waals surface area contributed by atoms with Crippen molar-refractivity contribution in [1.29, 1.82) is 0 Å². The van der Waals surface area contributed by atoms with Gasteiger partial charge in [-0.3, -0.25) is 19.7 Å². The second kappa shape index (κ2) is 9.64. The van der Waals surface area contributed by atoms with E-state index in [1.807, 2.05) is 17.0 Å². The van der Waals surface area contributed by atoms with E-state index in [-0.39, 0.29) is 18.3 Å². The summed E-state index contributed by atoms with van der Waals surface area (Å²) >= 11 is 5.91. The van der Waals surface area contributed by atoms with Crippen LogP contribution in [0, 0.1) is 5.82 Å². The van der Waals surface area contributed by atoms with Crippen LogP contribution in [0.15, 0.2) is 79.3 Å². The number of aromatic nitrogens is 2. The number of fused-ring (bicyclic) bond motifs is 1. The van der Waals surface area contributed by atoms with Crippen LogP contribution in [-0.4, -0.2) is 27.3 Å². The zero-order valence-corrected chi connectivity index (χ0v) is 17.4. The number of nitrogens with one attached hydrogen (secondary N) is 1. The maximum Gasteiger partial charge on any atom is 0.238 e. The number of anilines is 1. The molecule has 2 aromatic carbocycles. The molecule has 1 amide bonds. The van der Waals surface area contributed by atoms with Gasteiger partial charge in [0, 0.05) is 47.8 Å². The average Bonchev–Trinajstić information content (AvgIpc) is 2.78. The van der Waals surface area contributed by atoms with Gasteiger partial charge < -0.3 is 5.32 Å². The molecule has 0 radical (unpaired) electrons. The van der Waals surface area contributed by atoms with Crippen molar-refractivity contribution >= 4 is 34.1 Å². The van der Waals surface area contributed by atoms with E-state index in [2.05, 4.69) is 15.3 Å². The summed E-state index contributed by atoms with van der Waals surface area (Å²) in [6.07, 6.45) is 5.12. The fourth-order valence-electron chi connectivity index (χ4n) is 3.42. The number of carbonyl (C=O) groups is 1. The second-order valence-corrected chi connectivity index (χ2v) is 7.60. The largest absolute Gasteiger partial charge is 0.325 e. The fourth-order valence-corrected chi connectivity index (χ4v) is 3.55. The van der Waals surface area contributed by atoms with Crippen molar-refractivity contribution in [2.24, 2.45) is 0 Å². The highest BCUT2D eigenvalue weighted by molar-refractivity contribution is 6.30. The Hall–Kier alpha value is -3.35. The van der Waals surface area contributed by atoms with Gasteiger partial charge in [-0.25, -0.2) is 4.39 Å². The summed E-state index contributed by atoms with van der Waals surface area (Å²) in [4.78, 5) is 23.2. The molecule has 31 heavy (non-hydrogen) atoms. The van der Waals surface area contributed by atoms with Crippen molar-refractivity contribution in [3.63, 3.8) is 0 Å². The van der Waals surface area contributed by atoms with E-state index in [9.17, 15) is 9.18 Å². The maximum atomic E-state index is 14.2.